The molecule has 0 radical (unpaired) electrons. The van der Waals surface area contributed by atoms with E-state index in [1.165, 1.54) is 0 Å². The Hall–Kier alpha value is -3.08. The number of anilines is 1. The molecule has 1 amide bonds. The zero-order valence-corrected chi connectivity index (χ0v) is 13.8. The van der Waals surface area contributed by atoms with Crippen molar-refractivity contribution in [2.75, 3.05) is 5.32 Å². The number of aryl methyl sites for hydroxylation is 1. The summed E-state index contributed by atoms with van der Waals surface area (Å²) in [5.41, 5.74) is 1.71. The van der Waals surface area contributed by atoms with Gasteiger partial charge in [-0.05, 0) is 61.4 Å². The van der Waals surface area contributed by atoms with Crippen molar-refractivity contribution >= 4 is 11.6 Å². The van der Waals surface area contributed by atoms with Crippen molar-refractivity contribution in [2.24, 2.45) is 5.92 Å². The monoisotopic (exact) mass is 334 g/mol. The Balaban J connectivity index is 1.40. The number of amides is 1. The first-order valence-corrected chi connectivity index (χ1v) is 8.23. The van der Waals surface area contributed by atoms with Crippen molar-refractivity contribution in [3.63, 3.8) is 0 Å². The van der Waals surface area contributed by atoms with Crippen LogP contribution >= 0.6 is 0 Å². The van der Waals surface area contributed by atoms with E-state index in [9.17, 15) is 4.79 Å². The lowest BCUT2D eigenvalue weighted by molar-refractivity contribution is -0.117. The number of hydrogen-bond donors (Lipinski definition) is 1. The van der Waals surface area contributed by atoms with Gasteiger partial charge in [-0.3, -0.25) is 9.78 Å². The highest BCUT2D eigenvalue weighted by atomic mass is 16.5. The molecule has 4 rings (SSSR count). The number of pyridine rings is 1. The second kappa shape index (κ2) is 6.43. The summed E-state index contributed by atoms with van der Waals surface area (Å²) in [4.78, 5) is 16.4. The number of ether oxygens (including phenoxy) is 1. The average molecular weight is 334 g/mol. The molecule has 0 spiro atoms. The lowest BCUT2D eigenvalue weighted by Crippen LogP contribution is -2.14. The topological polar surface area (TPSA) is 64.4 Å². The van der Waals surface area contributed by atoms with Gasteiger partial charge in [-0.2, -0.15) is 0 Å². The number of nitrogens with one attached hydrogen (secondary N) is 1. The second-order valence-corrected chi connectivity index (χ2v) is 6.22. The quantitative estimate of drug-likeness (QED) is 0.745. The summed E-state index contributed by atoms with van der Waals surface area (Å²) in [5.74, 6) is 2.52. The fraction of sp³-hybridized carbons (Fsp3) is 0.200. The molecule has 126 valence electrons. The van der Waals surface area contributed by atoms with Crippen LogP contribution in [0.25, 0.3) is 0 Å². The molecule has 3 aromatic rings. The summed E-state index contributed by atoms with van der Waals surface area (Å²) in [7, 11) is 0. The van der Waals surface area contributed by atoms with Gasteiger partial charge in [-0.25, -0.2) is 0 Å². The van der Waals surface area contributed by atoms with Crippen molar-refractivity contribution in [2.45, 2.75) is 19.3 Å². The van der Waals surface area contributed by atoms with Crippen molar-refractivity contribution < 1.29 is 13.9 Å². The summed E-state index contributed by atoms with van der Waals surface area (Å²) in [6, 6.07) is 13.1. The third kappa shape index (κ3) is 3.40. The Morgan fingerprint density at radius 1 is 1.28 bits per heavy atom. The molecule has 1 fully saturated rings. The molecule has 2 atom stereocenters. The first kappa shape index (κ1) is 15.4. The predicted molar refractivity (Wildman–Crippen MR) is 93.7 cm³/mol. The van der Waals surface area contributed by atoms with Gasteiger partial charge in [0.15, 0.2) is 0 Å². The lowest BCUT2D eigenvalue weighted by Gasteiger charge is -2.11. The first-order valence-electron chi connectivity index (χ1n) is 8.23. The number of carbonyl (C=O) groups is 1. The Morgan fingerprint density at radius 2 is 2.20 bits per heavy atom. The molecule has 1 aliphatic rings. The molecular formula is C20H18N2O3. The zero-order chi connectivity index (χ0) is 17.2. The van der Waals surface area contributed by atoms with Gasteiger partial charge in [0, 0.05) is 23.7 Å². The maximum Gasteiger partial charge on any atom is 0.228 e. The number of hydrogen-bond acceptors (Lipinski definition) is 4. The minimum Gasteiger partial charge on any atom is -0.469 e. The van der Waals surface area contributed by atoms with Gasteiger partial charge in [0.1, 0.15) is 17.3 Å². The van der Waals surface area contributed by atoms with Crippen LogP contribution in [0, 0.1) is 12.8 Å². The number of carbonyl (C=O) groups excluding carboxylic acids is 1. The highest BCUT2D eigenvalue weighted by Crippen LogP contribution is 2.48. The molecule has 1 aliphatic carbocycles. The molecule has 1 saturated carbocycles. The van der Waals surface area contributed by atoms with Crippen LogP contribution in [0.3, 0.4) is 0 Å². The zero-order valence-electron chi connectivity index (χ0n) is 13.8. The number of nitrogens with zero attached hydrogens (tertiary/aromatic N) is 1. The number of furan rings is 1. The number of aromatic nitrogens is 1. The molecule has 25 heavy (non-hydrogen) atoms. The van der Waals surface area contributed by atoms with Gasteiger partial charge in [0.2, 0.25) is 5.91 Å². The molecule has 5 nitrogen and oxygen atoms in total. The molecule has 2 aromatic heterocycles. The Bertz CT molecular complexity index is 875. The Labute approximate surface area is 145 Å². The van der Waals surface area contributed by atoms with E-state index in [-0.39, 0.29) is 17.7 Å². The maximum atomic E-state index is 12.4. The van der Waals surface area contributed by atoms with Crippen LogP contribution in [0.5, 0.6) is 11.5 Å². The van der Waals surface area contributed by atoms with Crippen molar-refractivity contribution in [1.82, 2.24) is 4.98 Å². The number of benzene rings is 1. The van der Waals surface area contributed by atoms with E-state index in [0.29, 0.717) is 5.75 Å². The van der Waals surface area contributed by atoms with Crippen LogP contribution in [0.2, 0.25) is 0 Å². The van der Waals surface area contributed by atoms with Crippen molar-refractivity contribution in [1.29, 1.82) is 0 Å². The van der Waals surface area contributed by atoms with E-state index in [0.717, 1.165) is 29.2 Å². The van der Waals surface area contributed by atoms with Crippen LogP contribution in [-0.4, -0.2) is 10.9 Å². The van der Waals surface area contributed by atoms with E-state index < -0.39 is 0 Å². The fourth-order valence-electron chi connectivity index (χ4n) is 2.91. The van der Waals surface area contributed by atoms with Gasteiger partial charge in [0.25, 0.3) is 0 Å². The summed E-state index contributed by atoms with van der Waals surface area (Å²) >= 11 is 0. The summed E-state index contributed by atoms with van der Waals surface area (Å²) in [6.07, 6.45) is 5.84. The number of rotatable bonds is 5. The SMILES string of the molecule is Cc1cc(NC(=O)[C@@H]2C[C@H]2c2ccco2)ccc1Oc1cccnc1. The normalized spacial score (nSPS) is 18.6. The molecule has 0 saturated heterocycles. The maximum absolute atomic E-state index is 12.4. The van der Waals surface area contributed by atoms with Crippen LogP contribution in [0.1, 0.15) is 23.7 Å². The molecule has 0 aliphatic heterocycles. The third-order valence-corrected chi connectivity index (χ3v) is 4.34. The standard InChI is InChI=1S/C20H18N2O3/c1-13-10-14(6-7-18(13)25-15-4-2-8-21-12-15)22-20(23)17-11-16(17)19-5-3-9-24-19/h2-10,12,16-17H,11H2,1H3,(H,22,23)/t16-,17-/m1/s1. The molecule has 2 heterocycles. The molecule has 1 N–H and O–H groups in total. The Kier molecular flexibility index (Phi) is 3.98. The van der Waals surface area contributed by atoms with E-state index in [4.69, 9.17) is 9.15 Å². The van der Waals surface area contributed by atoms with Crippen LogP contribution in [0.15, 0.2) is 65.5 Å². The molecule has 0 unspecified atom stereocenters. The smallest absolute Gasteiger partial charge is 0.228 e. The average Bonchev–Trinajstić information content (AvgIpc) is 3.24. The van der Waals surface area contributed by atoms with Crippen molar-refractivity contribution in [3.05, 3.63) is 72.4 Å². The van der Waals surface area contributed by atoms with Gasteiger partial charge in [0.05, 0.1) is 12.5 Å². The minimum atomic E-state index is -0.0159. The molecule has 1 aromatic carbocycles. The third-order valence-electron chi connectivity index (χ3n) is 4.34. The van der Waals surface area contributed by atoms with Crippen LogP contribution < -0.4 is 10.1 Å². The van der Waals surface area contributed by atoms with Gasteiger partial charge in [-0.15, -0.1) is 0 Å². The minimum absolute atomic E-state index is 0.0159. The Morgan fingerprint density at radius 3 is 2.92 bits per heavy atom. The lowest BCUT2D eigenvalue weighted by atomic mass is 10.2. The van der Waals surface area contributed by atoms with E-state index in [1.807, 2.05) is 49.4 Å². The van der Waals surface area contributed by atoms with E-state index >= 15 is 0 Å². The highest BCUT2D eigenvalue weighted by Gasteiger charge is 2.45. The van der Waals surface area contributed by atoms with E-state index in [1.54, 1.807) is 18.7 Å². The molecular weight excluding hydrogens is 316 g/mol. The summed E-state index contributed by atoms with van der Waals surface area (Å²) < 4.78 is 11.2. The summed E-state index contributed by atoms with van der Waals surface area (Å²) in [6.45, 7) is 1.95. The fourth-order valence-corrected chi connectivity index (χ4v) is 2.91. The molecule has 5 heteroatoms. The van der Waals surface area contributed by atoms with Gasteiger partial charge < -0.3 is 14.5 Å². The van der Waals surface area contributed by atoms with Crippen LogP contribution in [-0.2, 0) is 4.79 Å². The largest absolute Gasteiger partial charge is 0.469 e. The van der Waals surface area contributed by atoms with E-state index in [2.05, 4.69) is 10.3 Å². The summed E-state index contributed by atoms with van der Waals surface area (Å²) in [5, 5.41) is 2.98. The van der Waals surface area contributed by atoms with Gasteiger partial charge >= 0.3 is 0 Å². The van der Waals surface area contributed by atoms with Gasteiger partial charge in [-0.1, -0.05) is 0 Å². The highest BCUT2D eigenvalue weighted by molar-refractivity contribution is 5.95. The van der Waals surface area contributed by atoms with Crippen molar-refractivity contribution in [3.8, 4) is 11.5 Å². The van der Waals surface area contributed by atoms with Crippen LogP contribution in [0.4, 0.5) is 5.69 Å². The first-order chi connectivity index (χ1) is 12.2. The predicted octanol–water partition coefficient (Wildman–Crippen LogP) is 4.52. The second-order valence-electron chi connectivity index (χ2n) is 6.22. The molecule has 0 bridgehead atoms.